The van der Waals surface area contributed by atoms with Gasteiger partial charge in [0.25, 0.3) is 0 Å². The first-order valence-corrected chi connectivity index (χ1v) is 11.5. The summed E-state index contributed by atoms with van der Waals surface area (Å²) in [5.74, 6) is 2.63. The van der Waals surface area contributed by atoms with Crippen molar-refractivity contribution >= 4 is 0 Å². The zero-order valence-electron chi connectivity index (χ0n) is 21.2. The van der Waals surface area contributed by atoms with Gasteiger partial charge in [-0.1, -0.05) is 26.0 Å². The monoisotopic (exact) mass is 472 g/mol. The Morgan fingerprint density at radius 2 is 1.47 bits per heavy atom. The molecule has 7 heteroatoms. The van der Waals surface area contributed by atoms with Crippen LogP contribution in [0.5, 0.6) is 23.0 Å². The van der Waals surface area contributed by atoms with Crippen molar-refractivity contribution in [2.45, 2.75) is 38.5 Å². The van der Waals surface area contributed by atoms with Gasteiger partial charge in [0.2, 0.25) is 0 Å². The van der Waals surface area contributed by atoms with Gasteiger partial charge < -0.3 is 18.9 Å². The summed E-state index contributed by atoms with van der Waals surface area (Å²) in [6.07, 6.45) is 1.99. The van der Waals surface area contributed by atoms with Crippen LogP contribution >= 0.6 is 0 Å². The molecule has 2 aromatic carbocycles. The van der Waals surface area contributed by atoms with Crippen molar-refractivity contribution in [1.82, 2.24) is 4.90 Å². The van der Waals surface area contributed by atoms with Crippen LogP contribution < -0.4 is 18.9 Å². The lowest BCUT2D eigenvalue weighted by Crippen LogP contribution is -2.33. The lowest BCUT2D eigenvalue weighted by atomic mass is 9.69. The summed E-state index contributed by atoms with van der Waals surface area (Å²) in [5, 5.41) is 10.2. The molecule has 0 N–H and O–H groups in total. The van der Waals surface area contributed by atoms with E-state index in [0.29, 0.717) is 55.4 Å². The normalized spacial score (nSPS) is 12.8. The van der Waals surface area contributed by atoms with E-state index in [-0.39, 0.29) is 5.92 Å². The molecule has 0 saturated carbocycles. The molecule has 0 fully saturated rings. The summed E-state index contributed by atoms with van der Waals surface area (Å²) < 4.78 is 35.2. The van der Waals surface area contributed by atoms with Gasteiger partial charge in [-0.05, 0) is 60.6 Å². The molecule has 2 aromatic rings. The van der Waals surface area contributed by atoms with E-state index in [4.69, 9.17) is 18.9 Å². The lowest BCUT2D eigenvalue weighted by molar-refractivity contribution is 0.178. The molecule has 0 aliphatic rings. The molecule has 34 heavy (non-hydrogen) atoms. The van der Waals surface area contributed by atoms with E-state index in [1.165, 1.54) is 0 Å². The van der Waals surface area contributed by atoms with E-state index in [1.807, 2.05) is 50.2 Å². The molecule has 0 bridgehead atoms. The van der Waals surface area contributed by atoms with Crippen LogP contribution in [0.2, 0.25) is 0 Å². The van der Waals surface area contributed by atoms with E-state index < -0.39 is 12.2 Å². The third-order valence-electron chi connectivity index (χ3n) is 6.46. The van der Waals surface area contributed by atoms with E-state index >= 15 is 0 Å². The minimum Gasteiger partial charge on any atom is -0.493 e. The number of alkyl halides is 1. The minimum atomic E-state index is -0.703. The molecule has 0 radical (unpaired) electrons. The van der Waals surface area contributed by atoms with Crippen molar-refractivity contribution in [2.24, 2.45) is 5.92 Å². The molecule has 0 saturated heterocycles. The third kappa shape index (κ3) is 6.32. The minimum absolute atomic E-state index is 0.0705. The first-order valence-electron chi connectivity index (χ1n) is 11.5. The van der Waals surface area contributed by atoms with Crippen molar-refractivity contribution < 1.29 is 23.3 Å². The molecule has 0 amide bonds. The molecule has 186 valence electrons. The van der Waals surface area contributed by atoms with Crippen LogP contribution in [0.15, 0.2) is 36.4 Å². The molecule has 0 spiro atoms. The summed E-state index contributed by atoms with van der Waals surface area (Å²) >= 11 is 0. The maximum atomic E-state index is 13.8. The SMILES string of the molecule is COc1ccc(CCN(CF)CCC[C@@](C#N)(c2ccc(OC)c(OC)c2)C(C)C)cc1OC. The Morgan fingerprint density at radius 1 is 0.882 bits per heavy atom. The molecule has 6 nitrogen and oxygen atoms in total. The zero-order chi connectivity index (χ0) is 25.1. The number of halogens is 1. The Kier molecular flexibility index (Phi) is 10.5. The Morgan fingerprint density at radius 3 is 2.00 bits per heavy atom. The number of hydrogen-bond acceptors (Lipinski definition) is 6. The molecule has 1 atom stereocenters. The number of nitriles is 1. The molecular weight excluding hydrogens is 435 g/mol. The molecule has 0 unspecified atom stereocenters. The van der Waals surface area contributed by atoms with Crippen LogP contribution in [0.3, 0.4) is 0 Å². The maximum absolute atomic E-state index is 13.8. The zero-order valence-corrected chi connectivity index (χ0v) is 21.2. The first-order chi connectivity index (χ1) is 16.4. The average Bonchev–Trinajstić information content (AvgIpc) is 2.87. The number of benzene rings is 2. The molecular formula is C27H37FN2O4. The van der Waals surface area contributed by atoms with E-state index in [1.54, 1.807) is 33.3 Å². The van der Waals surface area contributed by atoms with Crippen LogP contribution in [0, 0.1) is 17.2 Å². The fourth-order valence-electron chi connectivity index (χ4n) is 4.27. The molecule has 0 heterocycles. The Bertz CT molecular complexity index is 960. The summed E-state index contributed by atoms with van der Waals surface area (Å²) in [4.78, 5) is 1.77. The van der Waals surface area contributed by atoms with Crippen LogP contribution in [0.1, 0.15) is 37.8 Å². The highest BCUT2D eigenvalue weighted by molar-refractivity contribution is 5.47. The van der Waals surface area contributed by atoms with E-state index in [2.05, 4.69) is 6.07 Å². The Labute approximate surface area is 203 Å². The number of methoxy groups -OCH3 is 4. The molecule has 0 aliphatic carbocycles. The Hall–Kier alpha value is -2.98. The second kappa shape index (κ2) is 13.0. The largest absolute Gasteiger partial charge is 0.493 e. The van der Waals surface area contributed by atoms with Crippen molar-refractivity contribution in [1.29, 1.82) is 5.26 Å². The fraction of sp³-hybridized carbons (Fsp3) is 0.519. The fourth-order valence-corrected chi connectivity index (χ4v) is 4.27. The second-order valence-electron chi connectivity index (χ2n) is 8.59. The number of rotatable bonds is 14. The summed E-state index contributed by atoms with van der Waals surface area (Å²) in [6.45, 7) is 4.69. The van der Waals surface area contributed by atoms with Gasteiger partial charge in [-0.25, -0.2) is 4.39 Å². The molecule has 0 aliphatic heterocycles. The highest BCUT2D eigenvalue weighted by Gasteiger charge is 2.36. The van der Waals surface area contributed by atoms with Gasteiger partial charge in [0.1, 0.15) is 6.80 Å². The topological polar surface area (TPSA) is 64.0 Å². The van der Waals surface area contributed by atoms with Gasteiger partial charge in [0, 0.05) is 13.1 Å². The van der Waals surface area contributed by atoms with Gasteiger partial charge in [-0.3, -0.25) is 4.90 Å². The summed E-state index contributed by atoms with van der Waals surface area (Å²) in [6, 6.07) is 13.9. The summed E-state index contributed by atoms with van der Waals surface area (Å²) in [5.41, 5.74) is 1.24. The lowest BCUT2D eigenvalue weighted by Gasteiger charge is -2.32. The smallest absolute Gasteiger partial charge is 0.161 e. The van der Waals surface area contributed by atoms with Crippen LogP contribution in [-0.4, -0.2) is 53.2 Å². The highest BCUT2D eigenvalue weighted by atomic mass is 19.1. The van der Waals surface area contributed by atoms with Crippen molar-refractivity contribution in [3.05, 3.63) is 47.5 Å². The van der Waals surface area contributed by atoms with Crippen molar-refractivity contribution in [3.63, 3.8) is 0 Å². The molecule has 0 aromatic heterocycles. The standard InChI is InChI=1S/C27H37FN2O4/c1-20(2)27(18-29,22-9-11-24(32-4)26(17-22)34-6)13-7-14-30(19-28)15-12-21-8-10-23(31-3)25(16-21)33-5/h8-11,16-17,20H,7,12-15,19H2,1-6H3/t27-/m0/s1. The highest BCUT2D eigenvalue weighted by Crippen LogP contribution is 2.40. The third-order valence-corrected chi connectivity index (χ3v) is 6.46. The molecule has 2 rings (SSSR count). The first kappa shape index (κ1) is 27.3. The van der Waals surface area contributed by atoms with Gasteiger partial charge in [-0.15, -0.1) is 0 Å². The van der Waals surface area contributed by atoms with Gasteiger partial charge in [0.15, 0.2) is 23.0 Å². The maximum Gasteiger partial charge on any atom is 0.161 e. The number of ether oxygens (including phenoxy) is 4. The Balaban J connectivity index is 2.07. The quantitative estimate of drug-likeness (QED) is 0.344. The number of nitrogens with zero attached hydrogens (tertiary/aromatic N) is 2. The predicted molar refractivity (Wildman–Crippen MR) is 132 cm³/mol. The van der Waals surface area contributed by atoms with Crippen LogP contribution in [0.25, 0.3) is 0 Å². The van der Waals surface area contributed by atoms with E-state index in [9.17, 15) is 9.65 Å². The summed E-state index contributed by atoms with van der Waals surface area (Å²) in [7, 11) is 6.38. The van der Waals surface area contributed by atoms with Crippen molar-refractivity contribution in [3.8, 4) is 29.1 Å². The van der Waals surface area contributed by atoms with E-state index in [0.717, 1.165) is 11.1 Å². The van der Waals surface area contributed by atoms with Crippen LogP contribution in [0.4, 0.5) is 4.39 Å². The van der Waals surface area contributed by atoms with Gasteiger partial charge in [0.05, 0.1) is 39.9 Å². The van der Waals surface area contributed by atoms with Crippen molar-refractivity contribution in [2.75, 3.05) is 48.3 Å². The van der Waals surface area contributed by atoms with Gasteiger partial charge >= 0.3 is 0 Å². The van der Waals surface area contributed by atoms with Gasteiger partial charge in [-0.2, -0.15) is 5.26 Å². The second-order valence-corrected chi connectivity index (χ2v) is 8.59. The average molecular weight is 473 g/mol. The van der Waals surface area contributed by atoms with Crippen LogP contribution in [-0.2, 0) is 11.8 Å². The predicted octanol–water partition coefficient (Wildman–Crippen LogP) is 5.39. The number of hydrogen-bond donors (Lipinski definition) is 0.